The average molecular weight is 437 g/mol. The second-order valence-electron chi connectivity index (χ2n) is 8.54. The molecule has 0 radical (unpaired) electrons. The summed E-state index contributed by atoms with van der Waals surface area (Å²) in [7, 11) is 0. The molecule has 0 N–H and O–H groups in total. The molecule has 3 aliphatic heterocycles. The Morgan fingerprint density at radius 3 is 2.44 bits per heavy atom. The first-order valence-corrected chi connectivity index (χ1v) is 11.1. The number of amides is 3. The van der Waals surface area contributed by atoms with E-state index in [9.17, 15) is 9.59 Å². The monoisotopic (exact) mass is 436 g/mol. The summed E-state index contributed by atoms with van der Waals surface area (Å²) in [6, 6.07) is 13.9. The van der Waals surface area contributed by atoms with Crippen molar-refractivity contribution in [2.24, 2.45) is 0 Å². The van der Waals surface area contributed by atoms with Gasteiger partial charge in [-0.1, -0.05) is 23.8 Å². The third-order valence-corrected chi connectivity index (χ3v) is 6.33. The van der Waals surface area contributed by atoms with Crippen LogP contribution in [0.15, 0.2) is 42.5 Å². The second kappa shape index (κ2) is 8.70. The molecule has 0 atom stereocenters. The van der Waals surface area contributed by atoms with Gasteiger partial charge in [-0.25, -0.2) is 4.79 Å². The minimum absolute atomic E-state index is 0.0202. The molecule has 0 aromatic heterocycles. The molecule has 0 aliphatic carbocycles. The Kier molecular flexibility index (Phi) is 5.61. The van der Waals surface area contributed by atoms with E-state index >= 15 is 0 Å². The maximum atomic E-state index is 12.8. The van der Waals surface area contributed by atoms with E-state index in [0.717, 1.165) is 42.4 Å². The van der Waals surface area contributed by atoms with E-state index in [1.807, 2.05) is 48.2 Å². The molecule has 32 heavy (non-hydrogen) atoms. The molecule has 2 aromatic carbocycles. The molecular weight excluding hydrogens is 408 g/mol. The van der Waals surface area contributed by atoms with E-state index in [1.165, 1.54) is 5.56 Å². The third-order valence-electron chi connectivity index (χ3n) is 6.33. The fourth-order valence-electron chi connectivity index (χ4n) is 4.41. The smallest absolute Gasteiger partial charge is 0.325 e. The fourth-order valence-corrected chi connectivity index (χ4v) is 4.41. The molecule has 2 saturated heterocycles. The number of carbonyl (C=O) groups excluding carboxylic acids is 2. The Labute approximate surface area is 187 Å². The minimum atomic E-state index is -0.0938. The molecule has 2 fully saturated rings. The molecule has 8 heteroatoms. The summed E-state index contributed by atoms with van der Waals surface area (Å²) in [5, 5.41) is 0. The van der Waals surface area contributed by atoms with Crippen LogP contribution in [0.4, 0.5) is 10.5 Å². The van der Waals surface area contributed by atoms with Crippen molar-refractivity contribution in [2.75, 3.05) is 57.5 Å². The van der Waals surface area contributed by atoms with Crippen molar-refractivity contribution in [1.29, 1.82) is 0 Å². The Morgan fingerprint density at radius 1 is 0.906 bits per heavy atom. The molecular formula is C24H28N4O4. The Morgan fingerprint density at radius 2 is 1.66 bits per heavy atom. The van der Waals surface area contributed by atoms with Crippen LogP contribution in [0.25, 0.3) is 0 Å². The highest BCUT2D eigenvalue weighted by Gasteiger charge is 2.32. The first kappa shape index (κ1) is 20.6. The van der Waals surface area contributed by atoms with E-state index in [4.69, 9.17) is 9.47 Å². The van der Waals surface area contributed by atoms with E-state index in [-0.39, 0.29) is 25.3 Å². The zero-order chi connectivity index (χ0) is 22.1. The average Bonchev–Trinajstić information content (AvgIpc) is 3.41. The molecule has 3 heterocycles. The molecule has 3 amide bonds. The van der Waals surface area contributed by atoms with Gasteiger partial charge in [0.1, 0.15) is 6.54 Å². The maximum absolute atomic E-state index is 12.8. The number of fused-ring (bicyclic) bond motifs is 1. The molecule has 0 spiro atoms. The van der Waals surface area contributed by atoms with Crippen molar-refractivity contribution in [3.63, 3.8) is 0 Å². The Bertz CT molecular complexity index is 1000. The van der Waals surface area contributed by atoms with Crippen LogP contribution >= 0.6 is 0 Å². The molecule has 3 aliphatic rings. The SMILES string of the molecule is Cc1ccc(N2CCN(CC(=O)N3CCN(Cc4ccc5c(c4)OCO5)CC3)C2=O)cc1. The van der Waals surface area contributed by atoms with Crippen molar-refractivity contribution in [2.45, 2.75) is 13.5 Å². The Balaban J connectivity index is 1.11. The van der Waals surface area contributed by atoms with Crippen molar-refractivity contribution in [3.05, 3.63) is 53.6 Å². The molecule has 0 saturated carbocycles. The molecule has 168 valence electrons. The van der Waals surface area contributed by atoms with Crippen LogP contribution in [0, 0.1) is 6.92 Å². The molecule has 0 unspecified atom stereocenters. The fraction of sp³-hybridized carbons (Fsp3) is 0.417. The van der Waals surface area contributed by atoms with Crippen molar-refractivity contribution >= 4 is 17.6 Å². The van der Waals surface area contributed by atoms with Crippen LogP contribution in [-0.4, -0.2) is 79.2 Å². The van der Waals surface area contributed by atoms with E-state index < -0.39 is 0 Å². The van der Waals surface area contributed by atoms with Gasteiger partial charge in [0.15, 0.2) is 11.5 Å². The van der Waals surface area contributed by atoms with Gasteiger partial charge in [-0.15, -0.1) is 0 Å². The number of carbonyl (C=O) groups is 2. The van der Waals surface area contributed by atoms with Crippen LogP contribution in [-0.2, 0) is 11.3 Å². The van der Waals surface area contributed by atoms with E-state index in [1.54, 1.807) is 9.80 Å². The first-order chi connectivity index (χ1) is 15.6. The third kappa shape index (κ3) is 4.23. The summed E-state index contributed by atoms with van der Waals surface area (Å²) < 4.78 is 10.8. The number of hydrogen-bond acceptors (Lipinski definition) is 5. The van der Waals surface area contributed by atoms with Crippen LogP contribution in [0.2, 0.25) is 0 Å². The van der Waals surface area contributed by atoms with Crippen molar-refractivity contribution in [3.8, 4) is 11.5 Å². The topological polar surface area (TPSA) is 65.6 Å². The lowest BCUT2D eigenvalue weighted by atomic mass is 10.1. The molecule has 8 nitrogen and oxygen atoms in total. The summed E-state index contributed by atoms with van der Waals surface area (Å²) in [6.07, 6.45) is 0. The number of hydrogen-bond donors (Lipinski definition) is 0. The summed E-state index contributed by atoms with van der Waals surface area (Å²) in [5.74, 6) is 1.61. The minimum Gasteiger partial charge on any atom is -0.454 e. The van der Waals surface area contributed by atoms with Crippen LogP contribution in [0.3, 0.4) is 0 Å². The van der Waals surface area contributed by atoms with Gasteiger partial charge in [0.25, 0.3) is 0 Å². The maximum Gasteiger partial charge on any atom is 0.325 e. The normalized spacial score (nSPS) is 18.5. The van der Waals surface area contributed by atoms with Gasteiger partial charge in [-0.2, -0.15) is 0 Å². The highest BCUT2D eigenvalue weighted by Crippen LogP contribution is 2.32. The Hall–Kier alpha value is -3.26. The number of piperazine rings is 1. The van der Waals surface area contributed by atoms with Crippen LogP contribution in [0.5, 0.6) is 11.5 Å². The summed E-state index contributed by atoms with van der Waals surface area (Å²) in [5.41, 5.74) is 3.21. The molecule has 2 aromatic rings. The predicted octanol–water partition coefficient (Wildman–Crippen LogP) is 2.31. The lowest BCUT2D eigenvalue weighted by Crippen LogP contribution is -2.51. The van der Waals surface area contributed by atoms with E-state index in [2.05, 4.69) is 11.0 Å². The predicted molar refractivity (Wildman–Crippen MR) is 120 cm³/mol. The molecule has 5 rings (SSSR count). The number of urea groups is 1. The zero-order valence-corrected chi connectivity index (χ0v) is 18.3. The van der Waals surface area contributed by atoms with Gasteiger partial charge in [-0.3, -0.25) is 14.6 Å². The van der Waals surface area contributed by atoms with Gasteiger partial charge < -0.3 is 19.3 Å². The second-order valence-corrected chi connectivity index (χ2v) is 8.54. The number of ether oxygens (including phenoxy) is 2. The van der Waals surface area contributed by atoms with E-state index in [0.29, 0.717) is 26.2 Å². The summed E-state index contributed by atoms with van der Waals surface area (Å²) in [4.78, 5) is 33.3. The summed E-state index contributed by atoms with van der Waals surface area (Å²) >= 11 is 0. The standard InChI is InChI=1S/C24H28N4O4/c1-18-2-5-20(6-3-18)28-13-12-27(24(28)30)16-23(29)26-10-8-25(9-11-26)15-19-4-7-21-22(14-19)32-17-31-21/h2-7,14H,8-13,15-17H2,1H3. The number of benzene rings is 2. The van der Waals surface area contributed by atoms with Gasteiger partial charge in [-0.05, 0) is 36.8 Å². The highest BCUT2D eigenvalue weighted by molar-refractivity contribution is 5.96. The quantitative estimate of drug-likeness (QED) is 0.720. The van der Waals surface area contributed by atoms with Crippen molar-refractivity contribution < 1.29 is 19.1 Å². The largest absolute Gasteiger partial charge is 0.454 e. The zero-order valence-electron chi connectivity index (χ0n) is 18.3. The number of nitrogens with zero attached hydrogens (tertiary/aromatic N) is 4. The van der Waals surface area contributed by atoms with Gasteiger partial charge in [0, 0.05) is 51.5 Å². The van der Waals surface area contributed by atoms with Crippen molar-refractivity contribution in [1.82, 2.24) is 14.7 Å². The summed E-state index contributed by atoms with van der Waals surface area (Å²) in [6.45, 7) is 7.41. The molecule has 0 bridgehead atoms. The number of rotatable bonds is 5. The van der Waals surface area contributed by atoms with Gasteiger partial charge in [0.05, 0.1) is 0 Å². The van der Waals surface area contributed by atoms with Gasteiger partial charge in [0.2, 0.25) is 12.7 Å². The van der Waals surface area contributed by atoms with Crippen LogP contribution < -0.4 is 14.4 Å². The lowest BCUT2D eigenvalue weighted by molar-refractivity contribution is -0.133. The van der Waals surface area contributed by atoms with Gasteiger partial charge >= 0.3 is 6.03 Å². The lowest BCUT2D eigenvalue weighted by Gasteiger charge is -2.35. The number of anilines is 1. The number of aryl methyl sites for hydroxylation is 1. The highest BCUT2D eigenvalue weighted by atomic mass is 16.7. The van der Waals surface area contributed by atoms with Crippen LogP contribution in [0.1, 0.15) is 11.1 Å². The first-order valence-electron chi connectivity index (χ1n) is 11.1.